The van der Waals surface area contributed by atoms with Crippen LogP contribution in [0.4, 0.5) is 0 Å². The second-order valence-electron chi connectivity index (χ2n) is 1.29. The van der Waals surface area contributed by atoms with Crippen LogP contribution in [0.3, 0.4) is 0 Å². The zero-order valence-corrected chi connectivity index (χ0v) is 3.48. The fourth-order valence-electron chi connectivity index (χ4n) is 0.277. The lowest BCUT2D eigenvalue weighted by atomic mass is 11.0. The van der Waals surface area contributed by atoms with Gasteiger partial charge in [-0.05, 0) is 0 Å². The molecule has 1 aliphatic rings. The van der Waals surface area contributed by atoms with E-state index in [1.54, 1.807) is 0 Å². The SMILES string of the molecule is C=C(O)[O+]1CC1. The van der Waals surface area contributed by atoms with E-state index in [-0.39, 0.29) is 5.95 Å². The lowest BCUT2D eigenvalue weighted by Crippen LogP contribution is -1.80. The Morgan fingerprint density at radius 2 is 2.17 bits per heavy atom. The molecule has 1 fully saturated rings. The third-order valence-corrected chi connectivity index (χ3v) is 0.741. The highest BCUT2D eigenvalue weighted by Crippen LogP contribution is 2.15. The minimum atomic E-state index is 0.120. The number of rotatable bonds is 1. The van der Waals surface area contributed by atoms with Gasteiger partial charge in [0, 0.05) is 6.58 Å². The van der Waals surface area contributed by atoms with E-state index in [2.05, 4.69) is 10.9 Å². The molecule has 0 atom stereocenters. The molecule has 1 rings (SSSR count). The van der Waals surface area contributed by atoms with Crippen molar-refractivity contribution in [2.24, 2.45) is 0 Å². The summed E-state index contributed by atoms with van der Waals surface area (Å²) < 4.78 is 2.44. The Balaban J connectivity index is 2.31. The van der Waals surface area contributed by atoms with Crippen molar-refractivity contribution in [3.8, 4) is 0 Å². The van der Waals surface area contributed by atoms with Gasteiger partial charge in [0.2, 0.25) is 0 Å². The molecule has 0 aliphatic carbocycles. The van der Waals surface area contributed by atoms with Gasteiger partial charge < -0.3 is 9.47 Å². The quantitative estimate of drug-likeness (QED) is 0.282. The van der Waals surface area contributed by atoms with Gasteiger partial charge in [0.25, 0.3) is 0 Å². The molecule has 6 heavy (non-hydrogen) atoms. The highest BCUT2D eigenvalue weighted by molar-refractivity contribution is 4.76. The first-order valence-corrected chi connectivity index (χ1v) is 1.86. The first-order chi connectivity index (χ1) is 2.80. The lowest BCUT2D eigenvalue weighted by Gasteiger charge is -1.89. The summed E-state index contributed by atoms with van der Waals surface area (Å²) >= 11 is 0. The zero-order valence-electron chi connectivity index (χ0n) is 3.48. The van der Waals surface area contributed by atoms with Crippen molar-refractivity contribution < 1.29 is 9.47 Å². The van der Waals surface area contributed by atoms with E-state index in [4.69, 9.17) is 5.11 Å². The molecule has 0 amide bonds. The Labute approximate surface area is 36.4 Å². The summed E-state index contributed by atoms with van der Waals surface area (Å²) in [6.07, 6.45) is 0. The standard InChI is InChI=1S/C4H6O2/c1-4(5)6-2-3-6/h1-3H2/p+1. The molecule has 0 saturated carbocycles. The molecule has 1 N–H and O–H groups in total. The fourth-order valence-corrected chi connectivity index (χ4v) is 0.277. The maximum atomic E-state index is 8.39. The molecule has 1 aliphatic heterocycles. The molecule has 2 heteroatoms. The molecule has 0 aromatic heterocycles. The minimum absolute atomic E-state index is 0.120. The van der Waals surface area contributed by atoms with Gasteiger partial charge in [0.1, 0.15) is 0 Å². The molecule has 0 aromatic rings. The van der Waals surface area contributed by atoms with Gasteiger partial charge in [0.15, 0.2) is 13.2 Å². The normalized spacial score (nSPS) is 17.7. The summed E-state index contributed by atoms with van der Waals surface area (Å²) in [7, 11) is 0. The van der Waals surface area contributed by atoms with Crippen molar-refractivity contribution in [1.82, 2.24) is 0 Å². The van der Waals surface area contributed by atoms with Gasteiger partial charge >= 0.3 is 5.95 Å². The summed E-state index contributed by atoms with van der Waals surface area (Å²) in [6, 6.07) is 0. The lowest BCUT2D eigenvalue weighted by molar-refractivity contribution is 0.0515. The van der Waals surface area contributed by atoms with Crippen LogP contribution in [0.15, 0.2) is 12.5 Å². The number of epoxide rings is 1. The Kier molecular flexibility index (Phi) is 0.528. The van der Waals surface area contributed by atoms with Crippen molar-refractivity contribution in [2.45, 2.75) is 0 Å². The highest BCUT2D eigenvalue weighted by atomic mass is 16.8. The third-order valence-electron chi connectivity index (χ3n) is 0.741. The topological polar surface area (TPSA) is 22.9 Å². The molecule has 1 heterocycles. The summed E-state index contributed by atoms with van der Waals surface area (Å²) in [5.74, 6) is 0.120. The molecule has 2 nitrogen and oxygen atoms in total. The van der Waals surface area contributed by atoms with Crippen LogP contribution in [-0.2, 0) is 4.37 Å². The number of aliphatic hydroxyl groups is 1. The molecule has 0 radical (unpaired) electrons. The van der Waals surface area contributed by atoms with Gasteiger partial charge in [-0.2, -0.15) is 0 Å². The van der Waals surface area contributed by atoms with Crippen molar-refractivity contribution in [3.63, 3.8) is 0 Å². The maximum absolute atomic E-state index is 8.39. The molecule has 0 unspecified atom stereocenters. The smallest absolute Gasteiger partial charge is 0.444 e. The second-order valence-corrected chi connectivity index (χ2v) is 1.29. The van der Waals surface area contributed by atoms with Crippen LogP contribution in [-0.4, -0.2) is 18.3 Å². The highest BCUT2D eigenvalue weighted by Gasteiger charge is 2.23. The third kappa shape index (κ3) is 0.455. The minimum Gasteiger partial charge on any atom is -0.538 e. The fraction of sp³-hybridized carbons (Fsp3) is 0.500. The van der Waals surface area contributed by atoms with E-state index < -0.39 is 0 Å². The van der Waals surface area contributed by atoms with Crippen molar-refractivity contribution in [2.75, 3.05) is 13.2 Å². The van der Waals surface area contributed by atoms with E-state index in [9.17, 15) is 0 Å². The molecule has 1 saturated heterocycles. The van der Waals surface area contributed by atoms with Gasteiger partial charge in [-0.1, -0.05) is 0 Å². The van der Waals surface area contributed by atoms with Crippen molar-refractivity contribution in [1.29, 1.82) is 0 Å². The van der Waals surface area contributed by atoms with Gasteiger partial charge in [-0.25, -0.2) is 0 Å². The van der Waals surface area contributed by atoms with E-state index in [0.29, 0.717) is 0 Å². The monoisotopic (exact) mass is 87.0 g/mol. The van der Waals surface area contributed by atoms with Crippen molar-refractivity contribution >= 4 is 0 Å². The number of hydrogen-bond donors (Lipinski definition) is 1. The average Bonchev–Trinajstić information content (AvgIpc) is 2.06. The summed E-state index contributed by atoms with van der Waals surface area (Å²) in [5.41, 5.74) is 0. The largest absolute Gasteiger partial charge is 0.538 e. The Morgan fingerprint density at radius 3 is 2.17 bits per heavy atom. The molecule has 0 aromatic carbocycles. The summed E-state index contributed by atoms with van der Waals surface area (Å²) in [6.45, 7) is 5.06. The van der Waals surface area contributed by atoms with Crippen LogP contribution in [0.1, 0.15) is 0 Å². The van der Waals surface area contributed by atoms with Crippen LogP contribution in [0.25, 0.3) is 0 Å². The van der Waals surface area contributed by atoms with E-state index >= 15 is 0 Å². The van der Waals surface area contributed by atoms with E-state index in [1.807, 2.05) is 0 Å². The summed E-state index contributed by atoms with van der Waals surface area (Å²) in [5, 5.41) is 8.39. The Morgan fingerprint density at radius 1 is 1.67 bits per heavy atom. The molecular formula is C4H7O2+. The summed E-state index contributed by atoms with van der Waals surface area (Å²) in [4.78, 5) is 0. The molecular weight excluding hydrogens is 80.0 g/mol. The van der Waals surface area contributed by atoms with Crippen LogP contribution < -0.4 is 0 Å². The van der Waals surface area contributed by atoms with Crippen LogP contribution in [0.2, 0.25) is 0 Å². The second kappa shape index (κ2) is 0.899. The van der Waals surface area contributed by atoms with E-state index in [1.165, 1.54) is 0 Å². The zero-order chi connectivity index (χ0) is 4.57. The van der Waals surface area contributed by atoms with Gasteiger partial charge in [0.05, 0.1) is 0 Å². The number of aliphatic hydroxyl groups excluding tert-OH is 1. The first-order valence-electron chi connectivity index (χ1n) is 1.86. The first kappa shape index (κ1) is 3.53. The predicted molar refractivity (Wildman–Crippen MR) is 22.6 cm³/mol. The van der Waals surface area contributed by atoms with Crippen LogP contribution in [0.5, 0.6) is 0 Å². The Hall–Kier alpha value is -0.660. The number of hydrogen-bond acceptors (Lipinski definition) is 1. The predicted octanol–water partition coefficient (Wildman–Crippen LogP) is 0.581. The maximum Gasteiger partial charge on any atom is 0.444 e. The molecule has 0 spiro atoms. The van der Waals surface area contributed by atoms with Crippen LogP contribution in [0, 0.1) is 0 Å². The van der Waals surface area contributed by atoms with Crippen LogP contribution >= 0.6 is 0 Å². The Bertz CT molecular complexity index is 73.6. The van der Waals surface area contributed by atoms with E-state index in [0.717, 1.165) is 13.2 Å². The van der Waals surface area contributed by atoms with Gasteiger partial charge in [-0.15, -0.1) is 0 Å². The average molecular weight is 87.1 g/mol. The van der Waals surface area contributed by atoms with Crippen molar-refractivity contribution in [3.05, 3.63) is 12.5 Å². The van der Waals surface area contributed by atoms with Gasteiger partial charge in [-0.3, -0.25) is 0 Å². The molecule has 0 bridgehead atoms. The molecule has 34 valence electrons.